The van der Waals surface area contributed by atoms with Crippen LogP contribution in [0.15, 0.2) is 5.38 Å². The number of hydrogen-bond donors (Lipinski definition) is 0. The molecule has 2 rings (SSSR count). The SMILES string of the molecule is CCN(CC)C(=O)Cc1csc(N2CCCC2=O)n1. The van der Waals surface area contributed by atoms with Gasteiger partial charge in [-0.3, -0.25) is 14.5 Å². The summed E-state index contributed by atoms with van der Waals surface area (Å²) in [7, 11) is 0. The van der Waals surface area contributed by atoms with E-state index in [2.05, 4.69) is 4.98 Å². The number of thiazole rings is 1. The van der Waals surface area contributed by atoms with Gasteiger partial charge in [0, 0.05) is 31.4 Å². The zero-order valence-electron chi connectivity index (χ0n) is 11.4. The fourth-order valence-corrected chi connectivity index (χ4v) is 3.06. The summed E-state index contributed by atoms with van der Waals surface area (Å²) in [5.41, 5.74) is 0.761. The highest BCUT2D eigenvalue weighted by atomic mass is 32.1. The Hall–Kier alpha value is -1.43. The van der Waals surface area contributed by atoms with Crippen molar-refractivity contribution in [1.82, 2.24) is 9.88 Å². The van der Waals surface area contributed by atoms with Crippen LogP contribution in [0.1, 0.15) is 32.4 Å². The quantitative estimate of drug-likeness (QED) is 0.825. The zero-order chi connectivity index (χ0) is 13.8. The number of carbonyl (C=O) groups is 2. The van der Waals surface area contributed by atoms with Crippen LogP contribution in [0, 0.1) is 0 Å². The van der Waals surface area contributed by atoms with Crippen molar-refractivity contribution in [2.45, 2.75) is 33.1 Å². The molecule has 0 atom stereocenters. The van der Waals surface area contributed by atoms with Crippen LogP contribution in [0.25, 0.3) is 0 Å². The summed E-state index contributed by atoms with van der Waals surface area (Å²) in [5, 5.41) is 2.60. The summed E-state index contributed by atoms with van der Waals surface area (Å²) in [6.45, 7) is 6.12. The zero-order valence-corrected chi connectivity index (χ0v) is 12.2. The van der Waals surface area contributed by atoms with Gasteiger partial charge >= 0.3 is 0 Å². The normalized spacial score (nSPS) is 15.1. The highest BCUT2D eigenvalue weighted by molar-refractivity contribution is 7.14. The van der Waals surface area contributed by atoms with Gasteiger partial charge < -0.3 is 4.90 Å². The predicted molar refractivity (Wildman–Crippen MR) is 75.3 cm³/mol. The van der Waals surface area contributed by atoms with Crippen LogP contribution < -0.4 is 4.90 Å². The lowest BCUT2D eigenvalue weighted by atomic mass is 10.3. The summed E-state index contributed by atoms with van der Waals surface area (Å²) < 4.78 is 0. The molecule has 0 bridgehead atoms. The molecule has 0 unspecified atom stereocenters. The van der Waals surface area contributed by atoms with Gasteiger partial charge in [-0.1, -0.05) is 0 Å². The second kappa shape index (κ2) is 6.14. The molecule has 0 aromatic carbocycles. The van der Waals surface area contributed by atoms with Crippen molar-refractivity contribution in [1.29, 1.82) is 0 Å². The number of anilines is 1. The first-order valence-electron chi connectivity index (χ1n) is 6.68. The Morgan fingerprint density at radius 1 is 1.47 bits per heavy atom. The van der Waals surface area contributed by atoms with Crippen molar-refractivity contribution in [3.05, 3.63) is 11.1 Å². The van der Waals surface area contributed by atoms with Crippen molar-refractivity contribution in [2.75, 3.05) is 24.5 Å². The van der Waals surface area contributed by atoms with E-state index in [1.807, 2.05) is 19.2 Å². The molecule has 1 fully saturated rings. The minimum Gasteiger partial charge on any atom is -0.343 e. The Morgan fingerprint density at radius 3 is 2.79 bits per heavy atom. The summed E-state index contributed by atoms with van der Waals surface area (Å²) in [5.74, 6) is 0.227. The fraction of sp³-hybridized carbons (Fsp3) is 0.615. The molecule has 1 aromatic rings. The minimum atomic E-state index is 0.0922. The Balaban J connectivity index is 2.01. The van der Waals surface area contributed by atoms with Crippen molar-refractivity contribution in [3.8, 4) is 0 Å². The van der Waals surface area contributed by atoms with Crippen molar-refractivity contribution < 1.29 is 9.59 Å². The molecule has 6 heteroatoms. The molecule has 2 heterocycles. The second-order valence-electron chi connectivity index (χ2n) is 4.51. The molecule has 1 aliphatic heterocycles. The average molecular weight is 281 g/mol. The molecule has 104 valence electrons. The fourth-order valence-electron chi connectivity index (χ4n) is 2.19. The van der Waals surface area contributed by atoms with Crippen molar-refractivity contribution in [3.63, 3.8) is 0 Å². The van der Waals surface area contributed by atoms with Gasteiger partial charge in [0.05, 0.1) is 12.1 Å². The highest BCUT2D eigenvalue weighted by Crippen LogP contribution is 2.25. The van der Waals surface area contributed by atoms with Crippen LogP contribution in [0.5, 0.6) is 0 Å². The van der Waals surface area contributed by atoms with Gasteiger partial charge in [-0.15, -0.1) is 11.3 Å². The predicted octanol–water partition coefficient (Wildman–Crippen LogP) is 1.68. The molecule has 19 heavy (non-hydrogen) atoms. The number of likely N-dealkylation sites (N-methyl/N-ethyl adjacent to an activating group) is 1. The molecule has 1 saturated heterocycles. The van der Waals surface area contributed by atoms with Crippen LogP contribution >= 0.6 is 11.3 Å². The van der Waals surface area contributed by atoms with Gasteiger partial charge in [0.2, 0.25) is 11.8 Å². The van der Waals surface area contributed by atoms with E-state index in [0.717, 1.165) is 36.9 Å². The summed E-state index contributed by atoms with van der Waals surface area (Å²) in [6, 6.07) is 0. The van der Waals surface area contributed by atoms with Crippen LogP contribution in [0.3, 0.4) is 0 Å². The van der Waals surface area contributed by atoms with E-state index >= 15 is 0 Å². The highest BCUT2D eigenvalue weighted by Gasteiger charge is 2.24. The van der Waals surface area contributed by atoms with Crippen molar-refractivity contribution >= 4 is 28.3 Å². The summed E-state index contributed by atoms with van der Waals surface area (Å²) in [6.07, 6.45) is 1.82. The Labute approximate surface area is 117 Å². The van der Waals surface area contributed by atoms with Crippen molar-refractivity contribution in [2.24, 2.45) is 0 Å². The molecule has 0 aliphatic carbocycles. The third kappa shape index (κ3) is 3.12. The molecule has 0 radical (unpaired) electrons. The second-order valence-corrected chi connectivity index (χ2v) is 5.35. The maximum atomic E-state index is 12.0. The smallest absolute Gasteiger partial charge is 0.228 e. The van der Waals surface area contributed by atoms with E-state index in [4.69, 9.17) is 0 Å². The first kappa shape index (κ1) is 14.0. The monoisotopic (exact) mass is 281 g/mol. The number of hydrogen-bond acceptors (Lipinski definition) is 4. The summed E-state index contributed by atoms with van der Waals surface area (Å²) in [4.78, 5) is 31.5. The number of carbonyl (C=O) groups excluding carboxylic acids is 2. The van der Waals surface area contributed by atoms with E-state index in [1.165, 1.54) is 11.3 Å². The third-order valence-electron chi connectivity index (χ3n) is 3.29. The number of nitrogens with zero attached hydrogens (tertiary/aromatic N) is 3. The molecule has 0 N–H and O–H groups in total. The van der Waals surface area contributed by atoms with Gasteiger partial charge in [0.1, 0.15) is 0 Å². The van der Waals surface area contributed by atoms with E-state index in [9.17, 15) is 9.59 Å². The van der Waals surface area contributed by atoms with E-state index in [1.54, 1.807) is 9.80 Å². The molecule has 1 aromatic heterocycles. The molecule has 0 spiro atoms. The summed E-state index contributed by atoms with van der Waals surface area (Å²) >= 11 is 1.44. The Bertz CT molecular complexity index is 468. The third-order valence-corrected chi connectivity index (χ3v) is 4.20. The first-order valence-corrected chi connectivity index (χ1v) is 7.56. The average Bonchev–Trinajstić information content (AvgIpc) is 2.99. The van der Waals surface area contributed by atoms with Gasteiger partial charge in [-0.05, 0) is 20.3 Å². The van der Waals surface area contributed by atoms with Gasteiger partial charge in [0.15, 0.2) is 5.13 Å². The van der Waals surface area contributed by atoms with Crippen LogP contribution in [-0.2, 0) is 16.0 Å². The Morgan fingerprint density at radius 2 is 2.21 bits per heavy atom. The van der Waals surface area contributed by atoms with E-state index in [0.29, 0.717) is 12.8 Å². The largest absolute Gasteiger partial charge is 0.343 e. The van der Waals surface area contributed by atoms with E-state index < -0.39 is 0 Å². The molecule has 1 aliphatic rings. The molecular formula is C13H19N3O2S. The Kier molecular flexibility index (Phi) is 4.52. The van der Waals surface area contributed by atoms with Gasteiger partial charge in [-0.25, -0.2) is 4.98 Å². The lowest BCUT2D eigenvalue weighted by Crippen LogP contribution is -2.31. The number of amides is 2. The molecule has 2 amide bonds. The van der Waals surface area contributed by atoms with E-state index in [-0.39, 0.29) is 11.8 Å². The maximum Gasteiger partial charge on any atom is 0.228 e. The minimum absolute atomic E-state index is 0.0922. The number of aromatic nitrogens is 1. The molecule has 5 nitrogen and oxygen atoms in total. The lowest BCUT2D eigenvalue weighted by Gasteiger charge is -2.17. The van der Waals surface area contributed by atoms with Crippen LogP contribution in [-0.4, -0.2) is 41.3 Å². The topological polar surface area (TPSA) is 53.5 Å². The maximum absolute atomic E-state index is 12.0. The van der Waals surface area contributed by atoms with Gasteiger partial charge in [-0.2, -0.15) is 0 Å². The lowest BCUT2D eigenvalue weighted by molar-refractivity contribution is -0.130. The van der Waals surface area contributed by atoms with Crippen LogP contribution in [0.2, 0.25) is 0 Å². The van der Waals surface area contributed by atoms with Gasteiger partial charge in [0.25, 0.3) is 0 Å². The number of rotatable bonds is 5. The van der Waals surface area contributed by atoms with Crippen LogP contribution in [0.4, 0.5) is 5.13 Å². The molecule has 0 saturated carbocycles. The molecular weight excluding hydrogens is 262 g/mol. The first-order chi connectivity index (χ1) is 9.15. The standard InChI is InChI=1S/C13H19N3O2S/c1-3-15(4-2)12(18)8-10-9-19-13(14-10)16-7-5-6-11(16)17/h9H,3-8H2,1-2H3.